The molecule has 0 saturated carbocycles. The lowest BCUT2D eigenvalue weighted by Crippen LogP contribution is -2.34. The Morgan fingerprint density at radius 3 is 2.89 bits per heavy atom. The number of nitrogens with one attached hydrogen (secondary N) is 1. The van der Waals surface area contributed by atoms with Crippen molar-refractivity contribution in [2.45, 2.75) is 6.04 Å². The molecular weight excluding hydrogens is 266 g/mol. The number of methoxy groups -OCH3 is 1. The number of anilines is 1. The van der Waals surface area contributed by atoms with Crippen LogP contribution in [0.2, 0.25) is 5.02 Å². The van der Waals surface area contributed by atoms with Crippen LogP contribution in [0.15, 0.2) is 12.3 Å². The van der Waals surface area contributed by atoms with Gasteiger partial charge in [0.15, 0.2) is 0 Å². The molecule has 98 valence electrons. The van der Waals surface area contributed by atoms with Crippen molar-refractivity contribution < 1.29 is 19.6 Å². The lowest BCUT2D eigenvalue weighted by molar-refractivity contribution is -0.385. The van der Waals surface area contributed by atoms with Gasteiger partial charge in [0.1, 0.15) is 18.1 Å². The van der Waals surface area contributed by atoms with Gasteiger partial charge in [0, 0.05) is 13.2 Å². The molecule has 8 nitrogen and oxygen atoms in total. The molecule has 0 spiro atoms. The smallest absolute Gasteiger partial charge is 0.328 e. The predicted molar refractivity (Wildman–Crippen MR) is 62.8 cm³/mol. The van der Waals surface area contributed by atoms with Crippen molar-refractivity contribution in [1.82, 2.24) is 4.98 Å². The summed E-state index contributed by atoms with van der Waals surface area (Å²) in [5, 5.41) is 21.8. The minimum atomic E-state index is -1.15. The predicted octanol–water partition coefficient (Wildman–Crippen LogP) is 1.15. The molecule has 1 heterocycles. The van der Waals surface area contributed by atoms with Crippen LogP contribution >= 0.6 is 11.6 Å². The number of carboxylic acids is 1. The Labute approximate surface area is 107 Å². The second kappa shape index (κ2) is 6.12. The fourth-order valence-electron chi connectivity index (χ4n) is 1.14. The number of halogens is 1. The zero-order valence-electron chi connectivity index (χ0n) is 9.29. The summed E-state index contributed by atoms with van der Waals surface area (Å²) in [6.07, 6.45) is 0.986. The van der Waals surface area contributed by atoms with Crippen LogP contribution in [0.5, 0.6) is 0 Å². The molecule has 0 saturated heterocycles. The molecule has 0 amide bonds. The third-order valence-corrected chi connectivity index (χ3v) is 2.27. The average molecular weight is 276 g/mol. The van der Waals surface area contributed by atoms with Gasteiger partial charge in [-0.25, -0.2) is 9.78 Å². The third kappa shape index (κ3) is 3.54. The highest BCUT2D eigenvalue weighted by Gasteiger charge is 2.20. The Balaban J connectivity index is 2.90. The number of rotatable bonds is 6. The molecular formula is C9H10ClN3O5. The van der Waals surface area contributed by atoms with E-state index in [1.54, 1.807) is 0 Å². The number of carboxylic acid groups (broad SMARTS) is 1. The van der Waals surface area contributed by atoms with Crippen LogP contribution in [0.1, 0.15) is 0 Å². The van der Waals surface area contributed by atoms with Crippen LogP contribution in [-0.4, -0.2) is 40.7 Å². The minimum Gasteiger partial charge on any atom is -0.480 e. The molecule has 18 heavy (non-hydrogen) atoms. The number of pyridine rings is 1. The number of ether oxygens (including phenoxy) is 1. The summed E-state index contributed by atoms with van der Waals surface area (Å²) in [5.41, 5.74) is -0.274. The van der Waals surface area contributed by atoms with Gasteiger partial charge in [0.2, 0.25) is 0 Å². The maximum Gasteiger partial charge on any atom is 0.328 e. The second-order valence-corrected chi connectivity index (χ2v) is 3.68. The van der Waals surface area contributed by atoms with Crippen molar-refractivity contribution in [3.63, 3.8) is 0 Å². The molecule has 0 aliphatic carbocycles. The standard InChI is InChI=1S/C9H10ClN3O5/c1-18-4-7(9(14)15)12-8-6(10)2-5(3-11-8)13(16)17/h2-3,7H,4H2,1H3,(H,11,12)(H,14,15). The zero-order valence-corrected chi connectivity index (χ0v) is 10.0. The molecule has 0 bridgehead atoms. The van der Waals surface area contributed by atoms with E-state index in [0.29, 0.717) is 0 Å². The second-order valence-electron chi connectivity index (χ2n) is 3.27. The number of aromatic nitrogens is 1. The van der Waals surface area contributed by atoms with Crippen LogP contribution in [-0.2, 0) is 9.53 Å². The Morgan fingerprint density at radius 2 is 2.44 bits per heavy atom. The number of aliphatic carboxylic acids is 1. The summed E-state index contributed by atoms with van der Waals surface area (Å²) < 4.78 is 4.72. The van der Waals surface area contributed by atoms with E-state index < -0.39 is 16.9 Å². The van der Waals surface area contributed by atoms with E-state index in [-0.39, 0.29) is 23.1 Å². The van der Waals surface area contributed by atoms with Gasteiger partial charge >= 0.3 is 5.97 Å². The molecule has 1 atom stereocenters. The van der Waals surface area contributed by atoms with E-state index >= 15 is 0 Å². The summed E-state index contributed by atoms with van der Waals surface area (Å²) in [6, 6.07) is 0.0456. The number of hydrogen-bond donors (Lipinski definition) is 2. The van der Waals surface area contributed by atoms with E-state index in [2.05, 4.69) is 10.3 Å². The van der Waals surface area contributed by atoms with Crippen molar-refractivity contribution >= 4 is 29.1 Å². The number of carbonyl (C=O) groups is 1. The van der Waals surface area contributed by atoms with E-state index in [1.807, 2.05) is 0 Å². The van der Waals surface area contributed by atoms with Gasteiger partial charge in [-0.2, -0.15) is 0 Å². The summed E-state index contributed by atoms with van der Waals surface area (Å²) in [6.45, 7) is -0.0929. The van der Waals surface area contributed by atoms with E-state index in [1.165, 1.54) is 7.11 Å². The van der Waals surface area contributed by atoms with Gasteiger partial charge in [-0.1, -0.05) is 11.6 Å². The first-order valence-corrected chi connectivity index (χ1v) is 5.11. The molecule has 0 aliphatic rings. The molecule has 0 aliphatic heterocycles. The van der Waals surface area contributed by atoms with E-state index in [9.17, 15) is 14.9 Å². The van der Waals surface area contributed by atoms with Gasteiger partial charge in [-0.3, -0.25) is 10.1 Å². The third-order valence-electron chi connectivity index (χ3n) is 1.98. The van der Waals surface area contributed by atoms with Crippen LogP contribution < -0.4 is 5.32 Å². The number of hydrogen-bond acceptors (Lipinski definition) is 6. The highest BCUT2D eigenvalue weighted by Crippen LogP contribution is 2.24. The minimum absolute atomic E-state index is 0.0356. The summed E-state index contributed by atoms with van der Waals surface area (Å²) in [4.78, 5) is 24.4. The SMILES string of the molecule is COCC(Nc1ncc([N+](=O)[O-])cc1Cl)C(=O)O. The lowest BCUT2D eigenvalue weighted by Gasteiger charge is -2.14. The lowest BCUT2D eigenvalue weighted by atomic mass is 10.3. The van der Waals surface area contributed by atoms with E-state index in [4.69, 9.17) is 21.4 Å². The normalized spacial score (nSPS) is 11.9. The maximum atomic E-state index is 10.9. The highest BCUT2D eigenvalue weighted by molar-refractivity contribution is 6.33. The molecule has 0 fully saturated rings. The topological polar surface area (TPSA) is 115 Å². The summed E-state index contributed by atoms with van der Waals surface area (Å²) in [5.74, 6) is -1.10. The zero-order chi connectivity index (χ0) is 13.7. The maximum absolute atomic E-state index is 10.9. The van der Waals surface area contributed by atoms with Gasteiger partial charge in [0.05, 0.1) is 16.6 Å². The molecule has 1 aromatic rings. The van der Waals surface area contributed by atoms with E-state index in [0.717, 1.165) is 12.3 Å². The van der Waals surface area contributed by atoms with Gasteiger partial charge in [0.25, 0.3) is 5.69 Å². The molecule has 0 aromatic carbocycles. The van der Waals surface area contributed by atoms with Gasteiger partial charge < -0.3 is 15.2 Å². The van der Waals surface area contributed by atoms with Crippen molar-refractivity contribution in [2.75, 3.05) is 19.0 Å². The molecule has 1 aromatic heterocycles. The molecule has 0 radical (unpaired) electrons. The van der Waals surface area contributed by atoms with Crippen molar-refractivity contribution in [1.29, 1.82) is 0 Å². The first-order chi connectivity index (χ1) is 8.45. The average Bonchev–Trinajstić information content (AvgIpc) is 2.30. The Hall–Kier alpha value is -1.93. The fraction of sp³-hybridized carbons (Fsp3) is 0.333. The summed E-state index contributed by atoms with van der Waals surface area (Å²) >= 11 is 5.76. The van der Waals surface area contributed by atoms with Crippen molar-refractivity contribution in [2.24, 2.45) is 0 Å². The van der Waals surface area contributed by atoms with Crippen molar-refractivity contribution in [3.8, 4) is 0 Å². The molecule has 9 heteroatoms. The highest BCUT2D eigenvalue weighted by atomic mass is 35.5. The molecule has 1 unspecified atom stereocenters. The van der Waals surface area contributed by atoms with Crippen LogP contribution in [0.25, 0.3) is 0 Å². The quantitative estimate of drug-likeness (QED) is 0.591. The number of nitrogens with zero attached hydrogens (tertiary/aromatic N) is 2. The first-order valence-electron chi connectivity index (χ1n) is 4.74. The Kier molecular flexibility index (Phi) is 4.81. The molecule has 2 N–H and O–H groups in total. The largest absolute Gasteiger partial charge is 0.480 e. The van der Waals surface area contributed by atoms with Crippen LogP contribution in [0, 0.1) is 10.1 Å². The summed E-state index contributed by atoms with van der Waals surface area (Å²) in [7, 11) is 1.35. The fourth-order valence-corrected chi connectivity index (χ4v) is 1.36. The Morgan fingerprint density at radius 1 is 1.78 bits per heavy atom. The monoisotopic (exact) mass is 275 g/mol. The molecule has 1 rings (SSSR count). The van der Waals surface area contributed by atoms with Crippen LogP contribution in [0.4, 0.5) is 11.5 Å². The van der Waals surface area contributed by atoms with Gasteiger partial charge in [-0.05, 0) is 0 Å². The number of nitro groups is 1. The van der Waals surface area contributed by atoms with Crippen molar-refractivity contribution in [3.05, 3.63) is 27.4 Å². The van der Waals surface area contributed by atoms with Crippen LogP contribution in [0.3, 0.4) is 0 Å². The first kappa shape index (κ1) is 14.1. The van der Waals surface area contributed by atoms with Gasteiger partial charge in [-0.15, -0.1) is 0 Å². The Bertz CT molecular complexity index is 468.